The van der Waals surface area contributed by atoms with Gasteiger partial charge in [0.25, 0.3) is 0 Å². The summed E-state index contributed by atoms with van der Waals surface area (Å²) in [6.45, 7) is 6.80. The third-order valence-electron chi connectivity index (χ3n) is 2.37. The van der Waals surface area contributed by atoms with Crippen molar-refractivity contribution in [3.05, 3.63) is 17.5 Å². The van der Waals surface area contributed by atoms with E-state index in [1.165, 1.54) is 0 Å². The highest BCUT2D eigenvalue weighted by atomic mass is 15.3. The van der Waals surface area contributed by atoms with Crippen molar-refractivity contribution in [3.63, 3.8) is 0 Å². The molecular weight excluding hydrogens is 186 g/mol. The molecule has 0 saturated heterocycles. The van der Waals surface area contributed by atoms with Crippen molar-refractivity contribution >= 4 is 0 Å². The fraction of sp³-hybridized carbons (Fsp3) is 0.583. The molecular formula is C12H19N3. The molecule has 1 aromatic heterocycles. The van der Waals surface area contributed by atoms with Crippen molar-refractivity contribution in [1.82, 2.24) is 9.78 Å². The Hall–Kier alpha value is -1.27. The maximum absolute atomic E-state index is 6.10. The second kappa shape index (κ2) is 5.57. The molecule has 0 radical (unpaired) electrons. The average molecular weight is 205 g/mol. The van der Waals surface area contributed by atoms with E-state index in [0.29, 0.717) is 0 Å². The largest absolute Gasteiger partial charge is 0.323 e. The molecule has 0 aromatic carbocycles. The van der Waals surface area contributed by atoms with Crippen LogP contribution in [0.15, 0.2) is 6.07 Å². The molecule has 1 aromatic rings. The minimum absolute atomic E-state index is 0.0481. The molecule has 1 heterocycles. The number of nitrogens with zero attached hydrogens (tertiary/aromatic N) is 2. The molecule has 0 bridgehead atoms. The standard InChI is InChI=1S/C12H19N3/c1-4-6-7-8-11(13)12-9-10(3)14-15(12)5-2/h9,11H,5,7-8,13H2,1-3H3. The lowest BCUT2D eigenvalue weighted by atomic mass is 10.1. The van der Waals surface area contributed by atoms with Gasteiger partial charge in [0, 0.05) is 19.0 Å². The van der Waals surface area contributed by atoms with Gasteiger partial charge in [0.1, 0.15) is 0 Å². The van der Waals surface area contributed by atoms with Gasteiger partial charge >= 0.3 is 0 Å². The molecule has 0 amide bonds. The maximum atomic E-state index is 6.10. The molecule has 1 unspecified atom stereocenters. The van der Waals surface area contributed by atoms with Gasteiger partial charge in [-0.05, 0) is 33.3 Å². The van der Waals surface area contributed by atoms with Crippen LogP contribution in [0.25, 0.3) is 0 Å². The molecule has 0 fully saturated rings. The number of hydrogen-bond acceptors (Lipinski definition) is 2. The third-order valence-corrected chi connectivity index (χ3v) is 2.37. The Balaban J connectivity index is 2.70. The van der Waals surface area contributed by atoms with Crippen LogP contribution in [0.3, 0.4) is 0 Å². The lowest BCUT2D eigenvalue weighted by molar-refractivity contribution is 0.550. The predicted octanol–water partition coefficient (Wildman–Crippen LogP) is 2.01. The van der Waals surface area contributed by atoms with Gasteiger partial charge in [-0.2, -0.15) is 5.10 Å². The van der Waals surface area contributed by atoms with Crippen LogP contribution < -0.4 is 5.73 Å². The normalized spacial score (nSPS) is 12.0. The third kappa shape index (κ3) is 3.10. The van der Waals surface area contributed by atoms with Crippen molar-refractivity contribution < 1.29 is 0 Å². The maximum Gasteiger partial charge on any atom is 0.0597 e. The molecule has 0 aliphatic rings. The van der Waals surface area contributed by atoms with Crippen LogP contribution in [-0.2, 0) is 6.54 Å². The predicted molar refractivity (Wildman–Crippen MR) is 62.3 cm³/mol. The Morgan fingerprint density at radius 2 is 2.33 bits per heavy atom. The molecule has 1 rings (SSSR count). The van der Waals surface area contributed by atoms with Crippen molar-refractivity contribution in [2.24, 2.45) is 5.73 Å². The number of hydrogen-bond donors (Lipinski definition) is 1. The van der Waals surface area contributed by atoms with E-state index in [2.05, 4.69) is 29.9 Å². The topological polar surface area (TPSA) is 43.8 Å². The fourth-order valence-electron chi connectivity index (χ4n) is 1.62. The molecule has 0 aliphatic heterocycles. The van der Waals surface area contributed by atoms with Crippen LogP contribution in [0.4, 0.5) is 0 Å². The first-order valence-electron chi connectivity index (χ1n) is 5.38. The zero-order valence-electron chi connectivity index (χ0n) is 9.75. The number of aryl methyl sites for hydroxylation is 2. The monoisotopic (exact) mass is 205 g/mol. The number of nitrogens with two attached hydrogens (primary N) is 1. The lowest BCUT2D eigenvalue weighted by Crippen LogP contribution is -2.15. The van der Waals surface area contributed by atoms with Gasteiger partial charge in [0.05, 0.1) is 11.4 Å². The van der Waals surface area contributed by atoms with Crippen LogP contribution in [0, 0.1) is 18.8 Å². The van der Waals surface area contributed by atoms with Crippen molar-refractivity contribution in [2.45, 2.75) is 46.2 Å². The summed E-state index contributed by atoms with van der Waals surface area (Å²) in [6.07, 6.45) is 1.75. The highest BCUT2D eigenvalue weighted by Gasteiger charge is 2.11. The van der Waals surface area contributed by atoms with Gasteiger partial charge in [0.15, 0.2) is 0 Å². The summed E-state index contributed by atoms with van der Waals surface area (Å²) in [4.78, 5) is 0. The zero-order chi connectivity index (χ0) is 11.3. The van der Waals surface area contributed by atoms with Crippen LogP contribution in [-0.4, -0.2) is 9.78 Å². The van der Waals surface area contributed by atoms with E-state index in [-0.39, 0.29) is 6.04 Å². The fourth-order valence-corrected chi connectivity index (χ4v) is 1.62. The Bertz CT molecular complexity index is 368. The average Bonchev–Trinajstić information content (AvgIpc) is 2.60. The minimum Gasteiger partial charge on any atom is -0.323 e. The Morgan fingerprint density at radius 3 is 2.93 bits per heavy atom. The smallest absolute Gasteiger partial charge is 0.0597 e. The van der Waals surface area contributed by atoms with Gasteiger partial charge in [0.2, 0.25) is 0 Å². The molecule has 0 spiro atoms. The first kappa shape index (κ1) is 11.8. The van der Waals surface area contributed by atoms with E-state index in [1.54, 1.807) is 0 Å². The van der Waals surface area contributed by atoms with Crippen molar-refractivity contribution in [3.8, 4) is 11.8 Å². The zero-order valence-corrected chi connectivity index (χ0v) is 9.75. The highest BCUT2D eigenvalue weighted by molar-refractivity contribution is 5.13. The van der Waals surface area contributed by atoms with Gasteiger partial charge in [-0.25, -0.2) is 0 Å². The molecule has 3 heteroatoms. The van der Waals surface area contributed by atoms with E-state index >= 15 is 0 Å². The van der Waals surface area contributed by atoms with Crippen LogP contribution in [0.5, 0.6) is 0 Å². The van der Waals surface area contributed by atoms with Crippen molar-refractivity contribution in [2.75, 3.05) is 0 Å². The van der Waals surface area contributed by atoms with E-state index in [0.717, 1.165) is 30.8 Å². The summed E-state index contributed by atoms with van der Waals surface area (Å²) < 4.78 is 1.97. The van der Waals surface area contributed by atoms with Gasteiger partial charge < -0.3 is 5.73 Å². The van der Waals surface area contributed by atoms with Crippen LogP contribution in [0.2, 0.25) is 0 Å². The molecule has 82 valence electrons. The van der Waals surface area contributed by atoms with Crippen LogP contribution >= 0.6 is 0 Å². The summed E-state index contributed by atoms with van der Waals surface area (Å²) in [7, 11) is 0. The minimum atomic E-state index is 0.0481. The van der Waals surface area contributed by atoms with E-state index in [4.69, 9.17) is 5.73 Å². The number of aromatic nitrogens is 2. The van der Waals surface area contributed by atoms with Gasteiger partial charge in [-0.3, -0.25) is 4.68 Å². The lowest BCUT2D eigenvalue weighted by Gasteiger charge is -2.11. The molecule has 3 nitrogen and oxygen atoms in total. The molecule has 2 N–H and O–H groups in total. The second-order valence-electron chi connectivity index (χ2n) is 3.60. The molecule has 1 atom stereocenters. The van der Waals surface area contributed by atoms with Gasteiger partial charge in [-0.1, -0.05) is 0 Å². The first-order valence-corrected chi connectivity index (χ1v) is 5.38. The number of rotatable bonds is 4. The molecule has 0 aliphatic carbocycles. The summed E-state index contributed by atoms with van der Waals surface area (Å²) in [5, 5.41) is 4.38. The van der Waals surface area contributed by atoms with Crippen molar-refractivity contribution in [1.29, 1.82) is 0 Å². The Labute approximate surface area is 91.7 Å². The summed E-state index contributed by atoms with van der Waals surface area (Å²) in [5.41, 5.74) is 8.25. The Morgan fingerprint density at radius 1 is 1.60 bits per heavy atom. The highest BCUT2D eigenvalue weighted by Crippen LogP contribution is 2.16. The van der Waals surface area contributed by atoms with E-state index in [9.17, 15) is 0 Å². The Kier molecular flexibility index (Phi) is 4.38. The quantitative estimate of drug-likeness (QED) is 0.764. The van der Waals surface area contributed by atoms with E-state index in [1.807, 2.05) is 18.5 Å². The van der Waals surface area contributed by atoms with E-state index < -0.39 is 0 Å². The molecule has 15 heavy (non-hydrogen) atoms. The van der Waals surface area contributed by atoms with Gasteiger partial charge in [-0.15, -0.1) is 11.8 Å². The summed E-state index contributed by atoms with van der Waals surface area (Å²) in [5.74, 6) is 5.91. The summed E-state index contributed by atoms with van der Waals surface area (Å²) >= 11 is 0. The first-order chi connectivity index (χ1) is 7.19. The van der Waals surface area contributed by atoms with Crippen LogP contribution in [0.1, 0.15) is 44.1 Å². The second-order valence-corrected chi connectivity index (χ2v) is 3.60. The molecule has 0 saturated carbocycles. The SMILES string of the molecule is CC#CCCC(N)c1cc(C)nn1CC. The summed E-state index contributed by atoms with van der Waals surface area (Å²) in [6, 6.07) is 2.11.